The third-order valence-corrected chi connectivity index (χ3v) is 3.12. The fraction of sp³-hybridized carbons (Fsp3) is 0.900. The van der Waals surface area contributed by atoms with E-state index in [2.05, 4.69) is 18.5 Å². The van der Waals surface area contributed by atoms with Crippen molar-refractivity contribution in [2.24, 2.45) is 5.92 Å². The third kappa shape index (κ3) is 4.86. The summed E-state index contributed by atoms with van der Waals surface area (Å²) in [5.41, 5.74) is 0. The fourth-order valence-corrected chi connectivity index (χ4v) is 1.88. The second kappa shape index (κ2) is 7.12. The quantitative estimate of drug-likeness (QED) is 0.688. The molecule has 84 valence electrons. The van der Waals surface area contributed by atoms with E-state index in [9.17, 15) is 4.79 Å². The van der Waals surface area contributed by atoms with E-state index in [1.165, 1.54) is 7.11 Å². The van der Waals surface area contributed by atoms with Gasteiger partial charge in [-0.1, -0.05) is 6.92 Å². The molecule has 0 spiro atoms. The van der Waals surface area contributed by atoms with Gasteiger partial charge in [-0.15, -0.1) is 0 Å². The normalized spacial score (nSPS) is 17.2. The van der Waals surface area contributed by atoms with Crippen LogP contribution >= 0.6 is 11.8 Å². The average Bonchev–Trinajstić information content (AvgIpc) is 2.15. The van der Waals surface area contributed by atoms with Gasteiger partial charge in [0, 0.05) is 17.8 Å². The molecule has 3 nitrogen and oxygen atoms in total. The molecule has 0 saturated heterocycles. The van der Waals surface area contributed by atoms with Crippen LogP contribution in [0.1, 0.15) is 20.8 Å². The molecule has 0 aliphatic rings. The Kier molecular flexibility index (Phi) is 7.01. The van der Waals surface area contributed by atoms with Crippen LogP contribution in [0.5, 0.6) is 0 Å². The maximum Gasteiger partial charge on any atom is 0.309 e. The largest absolute Gasteiger partial charge is 0.469 e. The second-order valence-electron chi connectivity index (χ2n) is 3.62. The van der Waals surface area contributed by atoms with Crippen molar-refractivity contribution in [2.75, 3.05) is 19.1 Å². The summed E-state index contributed by atoms with van der Waals surface area (Å²) in [6.45, 7) is 6.02. The standard InChI is InChI=1S/C10H21NO2S/c1-7(6-14-5)11-9(3)8(2)10(12)13-4/h7-9,11H,6H2,1-5H3. The van der Waals surface area contributed by atoms with Crippen LogP contribution in [0, 0.1) is 5.92 Å². The Hall–Kier alpha value is -0.220. The van der Waals surface area contributed by atoms with Crippen LogP contribution in [0.25, 0.3) is 0 Å². The Morgan fingerprint density at radius 3 is 2.43 bits per heavy atom. The van der Waals surface area contributed by atoms with Gasteiger partial charge in [0.05, 0.1) is 13.0 Å². The molecule has 14 heavy (non-hydrogen) atoms. The first kappa shape index (κ1) is 13.8. The van der Waals surface area contributed by atoms with Crippen molar-refractivity contribution < 1.29 is 9.53 Å². The number of carbonyl (C=O) groups is 1. The molecule has 0 aromatic heterocycles. The number of hydrogen-bond donors (Lipinski definition) is 1. The molecule has 1 N–H and O–H groups in total. The zero-order valence-corrected chi connectivity index (χ0v) is 10.5. The number of rotatable bonds is 6. The first-order chi connectivity index (χ1) is 6.52. The number of carbonyl (C=O) groups excluding carboxylic acids is 1. The van der Waals surface area contributed by atoms with Crippen molar-refractivity contribution >= 4 is 17.7 Å². The molecular weight excluding hydrogens is 198 g/mol. The number of thioether (sulfide) groups is 1. The SMILES string of the molecule is COC(=O)C(C)C(C)NC(C)CSC. The molecule has 3 atom stereocenters. The summed E-state index contributed by atoms with van der Waals surface area (Å²) in [5.74, 6) is 0.809. The van der Waals surface area contributed by atoms with Gasteiger partial charge in [0.15, 0.2) is 0 Å². The van der Waals surface area contributed by atoms with Crippen molar-refractivity contribution in [2.45, 2.75) is 32.9 Å². The van der Waals surface area contributed by atoms with Crippen LogP contribution in [0.2, 0.25) is 0 Å². The Morgan fingerprint density at radius 2 is 2.00 bits per heavy atom. The average molecular weight is 219 g/mol. The van der Waals surface area contributed by atoms with E-state index < -0.39 is 0 Å². The Morgan fingerprint density at radius 1 is 1.43 bits per heavy atom. The zero-order chi connectivity index (χ0) is 11.1. The van der Waals surface area contributed by atoms with Gasteiger partial charge < -0.3 is 10.1 Å². The molecule has 0 fully saturated rings. The van der Waals surface area contributed by atoms with Crippen molar-refractivity contribution in [1.29, 1.82) is 0 Å². The lowest BCUT2D eigenvalue weighted by Gasteiger charge is -2.23. The molecule has 0 aliphatic heterocycles. The van der Waals surface area contributed by atoms with Crippen LogP contribution in [-0.4, -0.2) is 37.2 Å². The van der Waals surface area contributed by atoms with E-state index in [4.69, 9.17) is 4.74 Å². The molecule has 0 radical (unpaired) electrons. The Balaban J connectivity index is 3.93. The summed E-state index contributed by atoms with van der Waals surface area (Å²) >= 11 is 1.80. The summed E-state index contributed by atoms with van der Waals surface area (Å²) in [6, 6.07) is 0.580. The monoisotopic (exact) mass is 219 g/mol. The molecule has 0 aromatic rings. The highest BCUT2D eigenvalue weighted by atomic mass is 32.2. The van der Waals surface area contributed by atoms with Crippen molar-refractivity contribution in [3.63, 3.8) is 0 Å². The minimum atomic E-state index is -0.152. The van der Waals surface area contributed by atoms with Gasteiger partial charge in [-0.05, 0) is 20.1 Å². The van der Waals surface area contributed by atoms with E-state index >= 15 is 0 Å². The first-order valence-corrected chi connectivity index (χ1v) is 6.25. The van der Waals surface area contributed by atoms with E-state index in [0.29, 0.717) is 6.04 Å². The molecule has 0 heterocycles. The number of ether oxygens (including phenoxy) is 1. The molecule has 3 unspecified atom stereocenters. The minimum absolute atomic E-state index is 0.0932. The Labute approximate surface area is 91.0 Å². The van der Waals surface area contributed by atoms with E-state index in [0.717, 1.165) is 5.75 Å². The predicted molar refractivity (Wildman–Crippen MR) is 61.6 cm³/mol. The summed E-state index contributed by atoms with van der Waals surface area (Å²) in [4.78, 5) is 11.2. The van der Waals surface area contributed by atoms with Crippen LogP contribution < -0.4 is 5.32 Å². The Bertz CT molecular complexity index is 176. The lowest BCUT2D eigenvalue weighted by Crippen LogP contribution is -2.42. The fourth-order valence-electron chi connectivity index (χ4n) is 1.28. The molecule has 0 saturated carbocycles. The molecule has 0 aliphatic carbocycles. The molecule has 0 rings (SSSR count). The van der Waals surface area contributed by atoms with Crippen LogP contribution in [0.15, 0.2) is 0 Å². The molecular formula is C10H21NO2S. The summed E-state index contributed by atoms with van der Waals surface area (Å²) < 4.78 is 4.69. The van der Waals surface area contributed by atoms with Gasteiger partial charge in [0.2, 0.25) is 0 Å². The zero-order valence-electron chi connectivity index (χ0n) is 9.66. The minimum Gasteiger partial charge on any atom is -0.469 e. The van der Waals surface area contributed by atoms with E-state index in [1.807, 2.05) is 13.8 Å². The van der Waals surface area contributed by atoms with Gasteiger partial charge in [0.25, 0.3) is 0 Å². The maximum absolute atomic E-state index is 11.2. The van der Waals surface area contributed by atoms with Crippen LogP contribution in [0.3, 0.4) is 0 Å². The highest BCUT2D eigenvalue weighted by molar-refractivity contribution is 7.98. The number of esters is 1. The van der Waals surface area contributed by atoms with Crippen molar-refractivity contribution in [1.82, 2.24) is 5.32 Å². The van der Waals surface area contributed by atoms with E-state index in [1.54, 1.807) is 11.8 Å². The number of hydrogen-bond acceptors (Lipinski definition) is 4. The predicted octanol–water partition coefficient (Wildman–Crippen LogP) is 1.53. The first-order valence-electron chi connectivity index (χ1n) is 4.85. The second-order valence-corrected chi connectivity index (χ2v) is 4.53. The summed E-state index contributed by atoms with van der Waals surface area (Å²) in [6.07, 6.45) is 2.08. The molecule has 0 bridgehead atoms. The van der Waals surface area contributed by atoms with Gasteiger partial charge in [0.1, 0.15) is 0 Å². The van der Waals surface area contributed by atoms with E-state index in [-0.39, 0.29) is 17.9 Å². The van der Waals surface area contributed by atoms with Gasteiger partial charge >= 0.3 is 5.97 Å². The maximum atomic E-state index is 11.2. The van der Waals surface area contributed by atoms with Crippen LogP contribution in [0.4, 0.5) is 0 Å². The lowest BCUT2D eigenvalue weighted by molar-refractivity contribution is -0.145. The lowest BCUT2D eigenvalue weighted by atomic mass is 10.0. The molecule has 0 aromatic carbocycles. The third-order valence-electron chi connectivity index (χ3n) is 2.29. The van der Waals surface area contributed by atoms with Crippen LogP contribution in [-0.2, 0) is 9.53 Å². The van der Waals surface area contributed by atoms with Crippen molar-refractivity contribution in [3.8, 4) is 0 Å². The number of nitrogens with one attached hydrogen (secondary N) is 1. The summed E-state index contributed by atoms with van der Waals surface area (Å²) in [7, 11) is 1.43. The van der Waals surface area contributed by atoms with Crippen molar-refractivity contribution in [3.05, 3.63) is 0 Å². The van der Waals surface area contributed by atoms with Gasteiger partial charge in [-0.25, -0.2) is 0 Å². The number of methoxy groups -OCH3 is 1. The molecule has 0 amide bonds. The summed E-state index contributed by atoms with van der Waals surface area (Å²) in [5, 5.41) is 3.37. The topological polar surface area (TPSA) is 38.3 Å². The van der Waals surface area contributed by atoms with Gasteiger partial charge in [-0.2, -0.15) is 11.8 Å². The smallest absolute Gasteiger partial charge is 0.309 e. The highest BCUT2D eigenvalue weighted by Crippen LogP contribution is 2.07. The van der Waals surface area contributed by atoms with Gasteiger partial charge in [-0.3, -0.25) is 4.79 Å². The molecule has 4 heteroatoms. The highest BCUT2D eigenvalue weighted by Gasteiger charge is 2.21.